The Hall–Kier alpha value is -1.79. The van der Waals surface area contributed by atoms with E-state index in [2.05, 4.69) is 11.8 Å². The van der Waals surface area contributed by atoms with Gasteiger partial charge in [0.25, 0.3) is 0 Å². The second kappa shape index (κ2) is 8.74. The number of ether oxygens (including phenoxy) is 3. The summed E-state index contributed by atoms with van der Waals surface area (Å²) >= 11 is 0. The van der Waals surface area contributed by atoms with Crippen molar-refractivity contribution < 1.29 is 24.1 Å². The first-order valence-electron chi connectivity index (χ1n) is 7.97. The summed E-state index contributed by atoms with van der Waals surface area (Å²) in [7, 11) is 1.54. The maximum absolute atomic E-state index is 10.7. The van der Waals surface area contributed by atoms with E-state index < -0.39 is 5.97 Å². The van der Waals surface area contributed by atoms with Crippen molar-refractivity contribution in [2.45, 2.75) is 32.4 Å². The molecule has 0 saturated carbocycles. The first-order valence-corrected chi connectivity index (χ1v) is 7.97. The normalized spacial score (nSPS) is 18.6. The van der Waals surface area contributed by atoms with Gasteiger partial charge in [-0.15, -0.1) is 0 Å². The molecular weight excluding hydrogens is 298 g/mol. The van der Waals surface area contributed by atoms with E-state index in [1.807, 2.05) is 18.2 Å². The number of rotatable bonds is 8. The van der Waals surface area contributed by atoms with Crippen molar-refractivity contribution in [3.05, 3.63) is 23.8 Å². The highest BCUT2D eigenvalue weighted by Crippen LogP contribution is 2.29. The van der Waals surface area contributed by atoms with Gasteiger partial charge in [0, 0.05) is 19.1 Å². The molecule has 1 aliphatic heterocycles. The summed E-state index contributed by atoms with van der Waals surface area (Å²) in [6, 6.07) is 6.10. The number of morpholine rings is 1. The van der Waals surface area contributed by atoms with Crippen LogP contribution >= 0.6 is 0 Å². The van der Waals surface area contributed by atoms with Crippen molar-refractivity contribution in [3.63, 3.8) is 0 Å². The van der Waals surface area contributed by atoms with Crippen LogP contribution in [0.2, 0.25) is 0 Å². The van der Waals surface area contributed by atoms with E-state index in [0.717, 1.165) is 44.7 Å². The van der Waals surface area contributed by atoms with Gasteiger partial charge in [-0.25, -0.2) is 4.79 Å². The van der Waals surface area contributed by atoms with Gasteiger partial charge < -0.3 is 19.3 Å². The van der Waals surface area contributed by atoms with Crippen LogP contribution in [0.25, 0.3) is 0 Å². The van der Waals surface area contributed by atoms with E-state index in [-0.39, 0.29) is 6.61 Å². The molecule has 0 aromatic heterocycles. The van der Waals surface area contributed by atoms with Crippen LogP contribution in [-0.2, 0) is 16.1 Å². The van der Waals surface area contributed by atoms with Gasteiger partial charge in [-0.3, -0.25) is 4.90 Å². The molecule has 1 aromatic rings. The number of hydrogen-bond acceptors (Lipinski definition) is 5. The Labute approximate surface area is 136 Å². The lowest BCUT2D eigenvalue weighted by molar-refractivity contribution is -0.139. The van der Waals surface area contributed by atoms with Gasteiger partial charge in [-0.1, -0.05) is 19.4 Å². The third kappa shape index (κ3) is 5.11. The number of methoxy groups -OCH3 is 1. The van der Waals surface area contributed by atoms with Gasteiger partial charge in [-0.05, 0) is 24.1 Å². The minimum atomic E-state index is -1.01. The summed E-state index contributed by atoms with van der Waals surface area (Å²) in [5.41, 5.74) is 1.08. The molecule has 0 amide bonds. The Balaban J connectivity index is 2.09. The summed E-state index contributed by atoms with van der Waals surface area (Å²) in [6.07, 6.45) is 2.23. The van der Waals surface area contributed by atoms with E-state index in [1.165, 1.54) is 0 Å². The molecule has 128 valence electrons. The quantitative estimate of drug-likeness (QED) is 0.791. The zero-order valence-electron chi connectivity index (χ0n) is 13.8. The molecule has 0 spiro atoms. The van der Waals surface area contributed by atoms with Crippen LogP contribution < -0.4 is 9.47 Å². The predicted molar refractivity (Wildman–Crippen MR) is 86.0 cm³/mol. The van der Waals surface area contributed by atoms with Crippen LogP contribution in [0.3, 0.4) is 0 Å². The maximum atomic E-state index is 10.7. The number of hydrogen-bond donors (Lipinski definition) is 1. The van der Waals surface area contributed by atoms with E-state index in [1.54, 1.807) is 7.11 Å². The Morgan fingerprint density at radius 1 is 1.43 bits per heavy atom. The third-order valence-corrected chi connectivity index (χ3v) is 3.94. The van der Waals surface area contributed by atoms with Gasteiger partial charge in [-0.2, -0.15) is 0 Å². The topological polar surface area (TPSA) is 68.2 Å². The Kier molecular flexibility index (Phi) is 6.67. The zero-order chi connectivity index (χ0) is 16.7. The minimum Gasteiger partial charge on any atom is -0.493 e. The highest BCUT2D eigenvalue weighted by Gasteiger charge is 2.22. The molecule has 1 aliphatic rings. The first kappa shape index (κ1) is 17.6. The van der Waals surface area contributed by atoms with Crippen molar-refractivity contribution in [2.24, 2.45) is 0 Å². The zero-order valence-corrected chi connectivity index (χ0v) is 13.8. The van der Waals surface area contributed by atoms with Gasteiger partial charge in [0.05, 0.1) is 20.3 Å². The summed E-state index contributed by atoms with van der Waals surface area (Å²) < 4.78 is 16.1. The van der Waals surface area contributed by atoms with Crippen LogP contribution in [0.15, 0.2) is 18.2 Å². The molecule has 1 heterocycles. The standard InChI is InChI=1S/C17H25NO5/c1-3-4-14-11-22-8-7-18(14)10-13-5-6-15(21-2)16(9-13)23-12-17(19)20/h5-6,9,14H,3-4,7-8,10-12H2,1-2H3,(H,19,20)/t14-/m1/s1. The number of benzene rings is 1. The molecule has 23 heavy (non-hydrogen) atoms. The first-order chi connectivity index (χ1) is 11.1. The smallest absolute Gasteiger partial charge is 0.341 e. The van der Waals surface area contributed by atoms with Crippen LogP contribution in [-0.4, -0.2) is 55.5 Å². The fourth-order valence-electron chi connectivity index (χ4n) is 2.80. The number of carbonyl (C=O) groups is 1. The molecular formula is C17H25NO5. The molecule has 2 rings (SSSR count). The molecule has 0 aliphatic carbocycles. The molecule has 1 N–H and O–H groups in total. The molecule has 1 atom stereocenters. The lowest BCUT2D eigenvalue weighted by atomic mass is 10.1. The van der Waals surface area contributed by atoms with Crippen LogP contribution in [0.1, 0.15) is 25.3 Å². The highest BCUT2D eigenvalue weighted by atomic mass is 16.5. The Morgan fingerprint density at radius 3 is 2.96 bits per heavy atom. The number of carboxylic acid groups (broad SMARTS) is 1. The second-order valence-corrected chi connectivity index (χ2v) is 5.66. The number of carboxylic acids is 1. The molecule has 1 aromatic carbocycles. The molecule has 6 nitrogen and oxygen atoms in total. The lowest BCUT2D eigenvalue weighted by Gasteiger charge is -2.35. The van der Waals surface area contributed by atoms with E-state index >= 15 is 0 Å². The molecule has 6 heteroatoms. The van der Waals surface area contributed by atoms with E-state index in [4.69, 9.17) is 19.3 Å². The molecule has 0 unspecified atom stereocenters. The second-order valence-electron chi connectivity index (χ2n) is 5.66. The van der Waals surface area contributed by atoms with Gasteiger partial charge in [0.2, 0.25) is 0 Å². The highest BCUT2D eigenvalue weighted by molar-refractivity contribution is 5.68. The van der Waals surface area contributed by atoms with Gasteiger partial charge in [0.1, 0.15) is 0 Å². The average Bonchev–Trinajstić information content (AvgIpc) is 2.55. The Bertz CT molecular complexity index is 518. The van der Waals surface area contributed by atoms with Crippen LogP contribution in [0.5, 0.6) is 11.5 Å². The predicted octanol–water partition coefficient (Wildman–Crippen LogP) is 2.16. The van der Waals surface area contributed by atoms with Gasteiger partial charge >= 0.3 is 5.97 Å². The monoisotopic (exact) mass is 323 g/mol. The van der Waals surface area contributed by atoms with Crippen molar-refractivity contribution in [3.8, 4) is 11.5 Å². The molecule has 0 bridgehead atoms. The van der Waals surface area contributed by atoms with E-state index in [0.29, 0.717) is 17.5 Å². The Morgan fingerprint density at radius 2 is 2.26 bits per heavy atom. The van der Waals surface area contributed by atoms with Crippen molar-refractivity contribution >= 4 is 5.97 Å². The fourth-order valence-corrected chi connectivity index (χ4v) is 2.80. The lowest BCUT2D eigenvalue weighted by Crippen LogP contribution is -2.44. The number of nitrogens with zero attached hydrogens (tertiary/aromatic N) is 1. The largest absolute Gasteiger partial charge is 0.493 e. The van der Waals surface area contributed by atoms with Crippen molar-refractivity contribution in [1.82, 2.24) is 4.90 Å². The fraction of sp³-hybridized carbons (Fsp3) is 0.588. The summed E-state index contributed by atoms with van der Waals surface area (Å²) in [5, 5.41) is 8.77. The van der Waals surface area contributed by atoms with E-state index in [9.17, 15) is 4.79 Å². The van der Waals surface area contributed by atoms with Gasteiger partial charge in [0.15, 0.2) is 18.1 Å². The van der Waals surface area contributed by atoms with Crippen molar-refractivity contribution in [1.29, 1.82) is 0 Å². The summed E-state index contributed by atoms with van der Waals surface area (Å²) in [5.74, 6) is 0.00318. The molecule has 1 fully saturated rings. The van der Waals surface area contributed by atoms with Crippen LogP contribution in [0.4, 0.5) is 0 Å². The maximum Gasteiger partial charge on any atom is 0.341 e. The SMILES string of the molecule is CCC[C@@H]1COCCN1Cc1ccc(OC)c(OCC(=O)O)c1. The summed E-state index contributed by atoms with van der Waals surface area (Å²) in [6.45, 7) is 5.02. The molecule has 1 saturated heterocycles. The average molecular weight is 323 g/mol. The van der Waals surface area contributed by atoms with Crippen LogP contribution in [0, 0.1) is 0 Å². The number of aliphatic carboxylic acids is 1. The summed E-state index contributed by atoms with van der Waals surface area (Å²) in [4.78, 5) is 13.1. The minimum absolute atomic E-state index is 0.379. The molecule has 0 radical (unpaired) electrons. The third-order valence-electron chi connectivity index (χ3n) is 3.94. The van der Waals surface area contributed by atoms with Crippen molar-refractivity contribution in [2.75, 3.05) is 33.5 Å².